The van der Waals surface area contributed by atoms with Crippen LogP contribution in [0.3, 0.4) is 0 Å². The van der Waals surface area contributed by atoms with E-state index in [1.165, 1.54) is 49.6 Å². The molecule has 0 saturated heterocycles. The van der Waals surface area contributed by atoms with E-state index in [0.29, 0.717) is 6.04 Å². The Kier molecular flexibility index (Phi) is 6.61. The fourth-order valence-corrected chi connectivity index (χ4v) is 9.60. The molecule has 0 fully saturated rings. The normalized spacial score (nSPS) is 15.1. The summed E-state index contributed by atoms with van der Waals surface area (Å²) < 4.78 is 6.44. The van der Waals surface area contributed by atoms with Crippen molar-refractivity contribution in [3.63, 3.8) is 0 Å². The molecule has 10 aromatic rings. The summed E-state index contributed by atoms with van der Waals surface area (Å²) in [5.41, 5.74) is 13.7. The van der Waals surface area contributed by atoms with E-state index in [1.54, 1.807) is 0 Å². The smallest absolute Gasteiger partial charge is 0.160 e. The van der Waals surface area contributed by atoms with Crippen LogP contribution in [0.25, 0.3) is 88.2 Å². The van der Waals surface area contributed by atoms with Crippen LogP contribution < -0.4 is 4.90 Å². The van der Waals surface area contributed by atoms with Crippen LogP contribution in [0.15, 0.2) is 162 Å². The zero-order valence-corrected chi connectivity index (χ0v) is 30.2. The van der Waals surface area contributed by atoms with Gasteiger partial charge in [-0.2, -0.15) is 0 Å². The highest BCUT2D eigenvalue weighted by molar-refractivity contribution is 6.27. The van der Waals surface area contributed by atoms with Crippen molar-refractivity contribution in [1.82, 2.24) is 9.97 Å². The summed E-state index contributed by atoms with van der Waals surface area (Å²) in [6, 6.07) is 57.2. The molecule has 0 N–H and O–H groups in total. The molecule has 4 heterocycles. The zero-order valence-electron chi connectivity index (χ0n) is 30.2. The number of aryl methyl sites for hydroxylation is 2. The topological polar surface area (TPSA) is 42.2 Å². The number of benzene rings is 8. The quantitative estimate of drug-likeness (QED) is 0.172. The van der Waals surface area contributed by atoms with Gasteiger partial charge in [0, 0.05) is 55.7 Å². The van der Waals surface area contributed by atoms with Crippen LogP contribution in [0.1, 0.15) is 24.0 Å². The molecule has 2 aliphatic heterocycles. The molecule has 4 nitrogen and oxygen atoms in total. The Morgan fingerprint density at radius 2 is 1.11 bits per heavy atom. The number of anilines is 2. The van der Waals surface area contributed by atoms with Crippen LogP contribution in [-0.2, 0) is 12.8 Å². The molecule has 1 atom stereocenters. The molecule has 0 saturated carbocycles. The van der Waals surface area contributed by atoms with Crippen LogP contribution in [-0.4, -0.2) is 16.0 Å². The number of aromatic nitrogens is 2. The van der Waals surface area contributed by atoms with E-state index in [9.17, 15) is 0 Å². The Morgan fingerprint density at radius 1 is 0.491 bits per heavy atom. The maximum absolute atomic E-state index is 6.44. The first-order valence-electron chi connectivity index (χ1n) is 19.4. The van der Waals surface area contributed by atoms with Gasteiger partial charge in [0.05, 0.1) is 11.2 Å². The molecule has 55 heavy (non-hydrogen) atoms. The van der Waals surface area contributed by atoms with Crippen LogP contribution in [0.4, 0.5) is 11.4 Å². The summed E-state index contributed by atoms with van der Waals surface area (Å²) >= 11 is 0. The number of fused-ring (bicyclic) bond motifs is 14. The molecule has 0 amide bonds. The van der Waals surface area contributed by atoms with Gasteiger partial charge in [0.2, 0.25) is 0 Å². The Labute approximate surface area is 318 Å². The molecule has 2 aromatic heterocycles. The van der Waals surface area contributed by atoms with E-state index < -0.39 is 0 Å². The average Bonchev–Trinajstić information content (AvgIpc) is 3.65. The lowest BCUT2D eigenvalue weighted by Crippen LogP contribution is -2.39. The van der Waals surface area contributed by atoms with Gasteiger partial charge in [0.1, 0.15) is 11.2 Å². The first-order valence-corrected chi connectivity index (χ1v) is 19.4. The van der Waals surface area contributed by atoms with Gasteiger partial charge in [0.25, 0.3) is 0 Å². The predicted octanol–water partition coefficient (Wildman–Crippen LogP) is 13.2. The second-order valence-electron chi connectivity index (χ2n) is 15.1. The first kappa shape index (κ1) is 30.7. The third-order valence-corrected chi connectivity index (χ3v) is 12.1. The summed E-state index contributed by atoms with van der Waals surface area (Å²) in [5, 5.41) is 8.20. The van der Waals surface area contributed by atoms with Gasteiger partial charge in [-0.3, -0.25) is 0 Å². The molecular weight excluding hydrogens is 671 g/mol. The highest BCUT2D eigenvalue weighted by Gasteiger charge is 2.33. The maximum Gasteiger partial charge on any atom is 0.160 e. The second-order valence-corrected chi connectivity index (χ2v) is 15.1. The number of rotatable bonds is 3. The molecule has 0 radical (unpaired) electrons. The Hall–Kier alpha value is -6.78. The third-order valence-electron chi connectivity index (χ3n) is 12.1. The van der Waals surface area contributed by atoms with Crippen molar-refractivity contribution in [2.75, 3.05) is 4.90 Å². The summed E-state index contributed by atoms with van der Waals surface area (Å²) in [5.74, 6) is 0.764. The SMILES string of the molecule is c1ccc(-c2nc(-c3ccc4c(c3)CCC3CCc5cc(-c6cccc7c6oc6ccccc67)ccc5N43)nc3c4ccccc4c4ccccc4c23)cc1. The van der Waals surface area contributed by atoms with Crippen molar-refractivity contribution in [2.24, 2.45) is 0 Å². The van der Waals surface area contributed by atoms with Gasteiger partial charge < -0.3 is 9.32 Å². The minimum Gasteiger partial charge on any atom is -0.455 e. The zero-order chi connectivity index (χ0) is 36.0. The Bertz CT molecular complexity index is 3180. The number of hydrogen-bond acceptors (Lipinski definition) is 4. The first-order chi connectivity index (χ1) is 27.3. The lowest BCUT2D eigenvalue weighted by Gasteiger charge is -2.43. The Morgan fingerprint density at radius 3 is 1.89 bits per heavy atom. The average molecular weight is 706 g/mol. The van der Waals surface area contributed by atoms with Crippen molar-refractivity contribution in [3.05, 3.63) is 169 Å². The van der Waals surface area contributed by atoms with Gasteiger partial charge in [0.15, 0.2) is 5.82 Å². The van der Waals surface area contributed by atoms with E-state index in [-0.39, 0.29) is 0 Å². The van der Waals surface area contributed by atoms with E-state index in [4.69, 9.17) is 14.4 Å². The fourth-order valence-electron chi connectivity index (χ4n) is 9.60. The molecule has 260 valence electrons. The molecule has 0 aliphatic carbocycles. The van der Waals surface area contributed by atoms with E-state index >= 15 is 0 Å². The molecular formula is C51H35N3O. The molecule has 0 spiro atoms. The molecule has 2 aliphatic rings. The van der Waals surface area contributed by atoms with Crippen molar-refractivity contribution < 1.29 is 4.42 Å². The van der Waals surface area contributed by atoms with Crippen molar-refractivity contribution in [2.45, 2.75) is 31.7 Å². The van der Waals surface area contributed by atoms with Crippen LogP contribution in [0.2, 0.25) is 0 Å². The number of hydrogen-bond donors (Lipinski definition) is 0. The lowest BCUT2D eigenvalue weighted by molar-refractivity contribution is 0.518. The van der Waals surface area contributed by atoms with Crippen molar-refractivity contribution >= 4 is 65.8 Å². The van der Waals surface area contributed by atoms with Gasteiger partial charge >= 0.3 is 0 Å². The predicted molar refractivity (Wildman–Crippen MR) is 227 cm³/mol. The number of para-hydroxylation sites is 2. The van der Waals surface area contributed by atoms with Crippen molar-refractivity contribution in [1.29, 1.82) is 0 Å². The minimum absolute atomic E-state index is 0.483. The van der Waals surface area contributed by atoms with Gasteiger partial charge in [-0.15, -0.1) is 0 Å². The molecule has 12 rings (SSSR count). The standard InChI is InChI=1S/C51H35N3O/c1-2-11-31(12-3-1)48-47-41-16-6-4-13-38(41)39-14-5-7-17-42(39)49(47)53-51(52-48)35-24-28-45-34(30-35)22-26-36-25-21-33-29-32(23-27-44(33)54(36)45)37-18-10-19-43-40-15-8-9-20-46(40)55-50(37)43/h1-20,23-24,27-30,36H,21-22,25-26H2. The summed E-state index contributed by atoms with van der Waals surface area (Å²) in [6.07, 6.45) is 4.38. The monoisotopic (exact) mass is 705 g/mol. The number of furan rings is 1. The minimum atomic E-state index is 0.483. The lowest BCUT2D eigenvalue weighted by atomic mass is 9.85. The molecule has 8 aromatic carbocycles. The largest absolute Gasteiger partial charge is 0.455 e. The van der Waals surface area contributed by atoms with Gasteiger partial charge in [-0.25, -0.2) is 9.97 Å². The fraction of sp³-hybridized carbons (Fsp3) is 0.0980. The third kappa shape index (κ3) is 4.64. The molecule has 0 bridgehead atoms. The second kappa shape index (κ2) is 11.9. The highest BCUT2D eigenvalue weighted by Crippen LogP contribution is 2.47. The summed E-state index contributed by atoms with van der Waals surface area (Å²) in [7, 11) is 0. The summed E-state index contributed by atoms with van der Waals surface area (Å²) in [6.45, 7) is 0. The van der Waals surface area contributed by atoms with Gasteiger partial charge in [-0.05, 0) is 94.9 Å². The van der Waals surface area contributed by atoms with Crippen LogP contribution >= 0.6 is 0 Å². The molecule has 1 unspecified atom stereocenters. The van der Waals surface area contributed by atoms with Crippen molar-refractivity contribution in [3.8, 4) is 33.8 Å². The highest BCUT2D eigenvalue weighted by atomic mass is 16.3. The van der Waals surface area contributed by atoms with E-state index in [2.05, 4.69) is 157 Å². The van der Waals surface area contributed by atoms with Crippen LogP contribution in [0, 0.1) is 0 Å². The van der Waals surface area contributed by atoms with Gasteiger partial charge in [-0.1, -0.05) is 121 Å². The van der Waals surface area contributed by atoms with E-state index in [1.807, 2.05) is 6.07 Å². The van der Waals surface area contributed by atoms with Crippen LogP contribution in [0.5, 0.6) is 0 Å². The van der Waals surface area contributed by atoms with E-state index in [0.717, 1.165) is 86.7 Å². The summed E-state index contributed by atoms with van der Waals surface area (Å²) in [4.78, 5) is 13.4. The maximum atomic E-state index is 6.44. The molecule has 4 heteroatoms. The Balaban J connectivity index is 0.987. The number of nitrogens with zero attached hydrogens (tertiary/aromatic N) is 3.